The van der Waals surface area contributed by atoms with Crippen molar-refractivity contribution in [2.24, 2.45) is 4.99 Å². The number of nitrogens with zero attached hydrogens (tertiary/aromatic N) is 1. The zero-order valence-electron chi connectivity index (χ0n) is 16.7. The first-order chi connectivity index (χ1) is 14.0. The van der Waals surface area contributed by atoms with Crippen LogP contribution in [0.25, 0.3) is 0 Å². The van der Waals surface area contributed by atoms with Crippen molar-refractivity contribution in [3.63, 3.8) is 0 Å². The van der Waals surface area contributed by atoms with E-state index in [0.717, 1.165) is 30.7 Å². The molecule has 7 nitrogen and oxygen atoms in total. The third-order valence-corrected chi connectivity index (χ3v) is 4.46. The number of amides is 2. The van der Waals surface area contributed by atoms with Gasteiger partial charge in [-0.15, -0.1) is 0 Å². The Morgan fingerprint density at radius 2 is 1.90 bits per heavy atom. The highest BCUT2D eigenvalue weighted by molar-refractivity contribution is 6.10. The van der Waals surface area contributed by atoms with Crippen LogP contribution in [-0.4, -0.2) is 37.0 Å². The Morgan fingerprint density at radius 1 is 1.10 bits per heavy atom. The topological polar surface area (TPSA) is 91.8 Å². The maximum atomic E-state index is 12.7. The number of anilines is 2. The SMILES string of the molecule is CC(=O)Nc1ccc(C(=O)NC(=NC[C@@H]2CCCO2)Nc2cccc(C)c2)cc1. The zero-order chi connectivity index (χ0) is 20.6. The largest absolute Gasteiger partial charge is 0.376 e. The minimum absolute atomic E-state index is 0.0816. The van der Waals surface area contributed by atoms with Crippen LogP contribution in [-0.2, 0) is 9.53 Å². The van der Waals surface area contributed by atoms with E-state index in [1.165, 1.54) is 6.92 Å². The Balaban J connectivity index is 1.71. The summed E-state index contributed by atoms with van der Waals surface area (Å²) >= 11 is 0. The third kappa shape index (κ3) is 6.43. The van der Waals surface area contributed by atoms with Crippen molar-refractivity contribution in [1.82, 2.24) is 5.32 Å². The summed E-state index contributed by atoms with van der Waals surface area (Å²) in [7, 11) is 0. The van der Waals surface area contributed by atoms with Gasteiger partial charge in [0.15, 0.2) is 0 Å². The van der Waals surface area contributed by atoms with E-state index >= 15 is 0 Å². The maximum absolute atomic E-state index is 12.7. The number of rotatable bonds is 5. The third-order valence-electron chi connectivity index (χ3n) is 4.46. The van der Waals surface area contributed by atoms with Crippen molar-refractivity contribution in [3.05, 3.63) is 59.7 Å². The zero-order valence-corrected chi connectivity index (χ0v) is 16.7. The van der Waals surface area contributed by atoms with E-state index < -0.39 is 0 Å². The molecule has 0 bridgehead atoms. The van der Waals surface area contributed by atoms with E-state index in [0.29, 0.717) is 23.8 Å². The molecule has 3 rings (SSSR count). The van der Waals surface area contributed by atoms with E-state index in [-0.39, 0.29) is 17.9 Å². The van der Waals surface area contributed by atoms with Gasteiger partial charge in [0.1, 0.15) is 0 Å². The van der Waals surface area contributed by atoms with Crippen LogP contribution in [0, 0.1) is 6.92 Å². The van der Waals surface area contributed by atoms with Gasteiger partial charge in [-0.05, 0) is 61.7 Å². The summed E-state index contributed by atoms with van der Waals surface area (Å²) in [6, 6.07) is 14.5. The van der Waals surface area contributed by atoms with Crippen LogP contribution in [0.4, 0.5) is 11.4 Å². The summed E-state index contributed by atoms with van der Waals surface area (Å²) in [5.74, 6) is -0.0687. The molecule has 2 aromatic carbocycles. The molecule has 0 unspecified atom stereocenters. The lowest BCUT2D eigenvalue weighted by Gasteiger charge is -2.14. The van der Waals surface area contributed by atoms with E-state index in [1.54, 1.807) is 24.3 Å². The molecular formula is C22H26N4O3. The fourth-order valence-electron chi connectivity index (χ4n) is 3.04. The van der Waals surface area contributed by atoms with Crippen molar-refractivity contribution >= 4 is 29.1 Å². The number of hydrogen-bond acceptors (Lipinski definition) is 4. The second-order valence-electron chi connectivity index (χ2n) is 7.03. The molecule has 1 heterocycles. The Hall–Kier alpha value is -3.19. The highest BCUT2D eigenvalue weighted by Crippen LogP contribution is 2.14. The van der Waals surface area contributed by atoms with Crippen molar-refractivity contribution in [1.29, 1.82) is 0 Å². The summed E-state index contributed by atoms with van der Waals surface area (Å²) in [5, 5.41) is 8.71. The molecule has 3 N–H and O–H groups in total. The molecule has 2 amide bonds. The summed E-state index contributed by atoms with van der Waals surface area (Å²) < 4.78 is 5.63. The molecule has 1 aliphatic rings. The second kappa shape index (κ2) is 9.84. The first kappa shape index (κ1) is 20.5. The molecule has 152 valence electrons. The number of nitrogens with one attached hydrogen (secondary N) is 3. The predicted octanol–water partition coefficient (Wildman–Crippen LogP) is 3.33. The number of guanidine groups is 1. The fourth-order valence-corrected chi connectivity index (χ4v) is 3.04. The Kier molecular flexibility index (Phi) is 6.97. The van der Waals surface area contributed by atoms with Crippen molar-refractivity contribution in [2.75, 3.05) is 23.8 Å². The molecule has 1 fully saturated rings. The van der Waals surface area contributed by atoms with E-state index in [4.69, 9.17) is 4.74 Å². The first-order valence-electron chi connectivity index (χ1n) is 9.68. The number of aryl methyl sites for hydroxylation is 1. The Labute approximate surface area is 170 Å². The van der Waals surface area contributed by atoms with Crippen molar-refractivity contribution in [2.45, 2.75) is 32.8 Å². The number of benzene rings is 2. The van der Waals surface area contributed by atoms with Gasteiger partial charge >= 0.3 is 0 Å². The first-order valence-corrected chi connectivity index (χ1v) is 9.68. The van der Waals surface area contributed by atoms with Crippen LogP contribution < -0.4 is 16.0 Å². The molecule has 1 aliphatic heterocycles. The Bertz CT molecular complexity index is 887. The average molecular weight is 394 g/mol. The number of carbonyl (C=O) groups is 2. The smallest absolute Gasteiger partial charge is 0.257 e. The van der Waals surface area contributed by atoms with Crippen LogP contribution in [0.2, 0.25) is 0 Å². The summed E-state index contributed by atoms with van der Waals surface area (Å²) in [6.07, 6.45) is 2.09. The molecule has 0 aliphatic carbocycles. The summed E-state index contributed by atoms with van der Waals surface area (Å²) in [4.78, 5) is 28.4. The molecule has 0 aromatic heterocycles. The standard InChI is InChI=1S/C22H26N4O3/c1-15-5-3-6-19(13-15)25-22(23-14-20-7-4-12-29-20)26-21(28)17-8-10-18(11-9-17)24-16(2)27/h3,5-6,8-11,13,20H,4,7,12,14H2,1-2H3,(H,24,27)(H2,23,25,26,28)/t20-/m0/s1. The highest BCUT2D eigenvalue weighted by atomic mass is 16.5. The lowest BCUT2D eigenvalue weighted by Crippen LogP contribution is -2.36. The van der Waals surface area contributed by atoms with Gasteiger partial charge in [0.25, 0.3) is 5.91 Å². The molecule has 1 atom stereocenters. The normalized spacial score (nSPS) is 16.3. The van der Waals surface area contributed by atoms with Gasteiger partial charge in [0, 0.05) is 30.5 Å². The molecule has 29 heavy (non-hydrogen) atoms. The second-order valence-corrected chi connectivity index (χ2v) is 7.03. The van der Waals surface area contributed by atoms with E-state index in [1.807, 2.05) is 31.2 Å². The van der Waals surface area contributed by atoms with Gasteiger partial charge in [-0.2, -0.15) is 0 Å². The molecule has 1 saturated heterocycles. The monoisotopic (exact) mass is 394 g/mol. The van der Waals surface area contributed by atoms with Gasteiger partial charge in [0.2, 0.25) is 11.9 Å². The molecule has 0 saturated carbocycles. The van der Waals surface area contributed by atoms with Gasteiger partial charge in [-0.1, -0.05) is 12.1 Å². The predicted molar refractivity (Wildman–Crippen MR) is 114 cm³/mol. The van der Waals surface area contributed by atoms with Crippen molar-refractivity contribution < 1.29 is 14.3 Å². The molecule has 7 heteroatoms. The van der Waals surface area contributed by atoms with Gasteiger partial charge < -0.3 is 15.4 Å². The van der Waals surface area contributed by atoms with E-state index in [9.17, 15) is 9.59 Å². The fraction of sp³-hybridized carbons (Fsp3) is 0.318. The van der Waals surface area contributed by atoms with Crippen LogP contribution in [0.5, 0.6) is 0 Å². The van der Waals surface area contributed by atoms with E-state index in [2.05, 4.69) is 20.9 Å². The Morgan fingerprint density at radius 3 is 2.55 bits per heavy atom. The van der Waals surface area contributed by atoms with Gasteiger partial charge in [-0.25, -0.2) is 4.99 Å². The minimum atomic E-state index is -0.286. The number of ether oxygens (including phenoxy) is 1. The number of carbonyl (C=O) groups excluding carboxylic acids is 2. The molecular weight excluding hydrogens is 368 g/mol. The molecule has 2 aromatic rings. The lowest BCUT2D eigenvalue weighted by atomic mass is 10.2. The minimum Gasteiger partial charge on any atom is -0.376 e. The van der Waals surface area contributed by atoms with Crippen LogP contribution in [0.15, 0.2) is 53.5 Å². The highest BCUT2D eigenvalue weighted by Gasteiger charge is 2.16. The molecule has 0 radical (unpaired) electrons. The quantitative estimate of drug-likeness (QED) is 0.536. The number of hydrogen-bond donors (Lipinski definition) is 3. The summed E-state index contributed by atoms with van der Waals surface area (Å²) in [6.45, 7) is 4.68. The van der Waals surface area contributed by atoms with Crippen molar-refractivity contribution in [3.8, 4) is 0 Å². The lowest BCUT2D eigenvalue weighted by molar-refractivity contribution is -0.114. The van der Waals surface area contributed by atoms with Crippen LogP contribution >= 0.6 is 0 Å². The number of aliphatic imine (C=N–C) groups is 1. The summed E-state index contributed by atoms with van der Waals surface area (Å²) in [5.41, 5.74) is 3.06. The van der Waals surface area contributed by atoms with Crippen LogP contribution in [0.3, 0.4) is 0 Å². The van der Waals surface area contributed by atoms with Gasteiger partial charge in [-0.3, -0.25) is 14.9 Å². The van der Waals surface area contributed by atoms with Crippen LogP contribution in [0.1, 0.15) is 35.7 Å². The maximum Gasteiger partial charge on any atom is 0.257 e. The molecule has 0 spiro atoms. The van der Waals surface area contributed by atoms with Gasteiger partial charge in [0.05, 0.1) is 12.6 Å². The average Bonchev–Trinajstić information content (AvgIpc) is 3.20.